The van der Waals surface area contributed by atoms with Gasteiger partial charge in [-0.1, -0.05) is 13.8 Å². The third-order valence-electron chi connectivity index (χ3n) is 4.78. The molecule has 0 saturated heterocycles. The summed E-state index contributed by atoms with van der Waals surface area (Å²) in [6, 6.07) is 10.3. The molecule has 1 atom stereocenters. The van der Waals surface area contributed by atoms with Gasteiger partial charge in [0, 0.05) is 11.9 Å². The van der Waals surface area contributed by atoms with Crippen LogP contribution >= 0.6 is 0 Å². The molecule has 1 aliphatic heterocycles. The van der Waals surface area contributed by atoms with Crippen molar-refractivity contribution in [3.05, 3.63) is 53.9 Å². The van der Waals surface area contributed by atoms with Gasteiger partial charge in [0.25, 0.3) is 11.8 Å². The molecule has 27 heavy (non-hydrogen) atoms. The van der Waals surface area contributed by atoms with Crippen molar-refractivity contribution in [2.24, 2.45) is 10.9 Å². The first-order valence-corrected chi connectivity index (χ1v) is 8.67. The minimum atomic E-state index is -0.878. The SMILES string of the molecule is COc1ccc(NC(=O)c2cccnc2C2=NC(C)(C(C)C)C(=O)N2)cc1. The van der Waals surface area contributed by atoms with Gasteiger partial charge in [-0.15, -0.1) is 0 Å². The molecule has 3 rings (SSSR count). The monoisotopic (exact) mass is 366 g/mol. The number of carbonyl (C=O) groups excluding carboxylic acids is 2. The van der Waals surface area contributed by atoms with Gasteiger partial charge >= 0.3 is 0 Å². The highest BCUT2D eigenvalue weighted by molar-refractivity contribution is 6.19. The van der Waals surface area contributed by atoms with Gasteiger partial charge in [-0.05, 0) is 49.2 Å². The van der Waals surface area contributed by atoms with Crippen LogP contribution in [0.4, 0.5) is 5.69 Å². The molecular weight excluding hydrogens is 344 g/mol. The Labute approximate surface area is 157 Å². The Morgan fingerprint density at radius 3 is 2.52 bits per heavy atom. The lowest BCUT2D eigenvalue weighted by atomic mass is 9.89. The zero-order valence-electron chi connectivity index (χ0n) is 15.7. The molecule has 7 heteroatoms. The normalized spacial score (nSPS) is 18.9. The average Bonchev–Trinajstić information content (AvgIpc) is 2.98. The minimum Gasteiger partial charge on any atom is -0.497 e. The fraction of sp³-hybridized carbons (Fsp3) is 0.300. The minimum absolute atomic E-state index is 0.00953. The van der Waals surface area contributed by atoms with Gasteiger partial charge < -0.3 is 15.4 Å². The Morgan fingerprint density at radius 2 is 1.93 bits per heavy atom. The number of hydrogen-bond acceptors (Lipinski definition) is 5. The molecule has 140 valence electrons. The van der Waals surface area contributed by atoms with E-state index in [-0.39, 0.29) is 17.7 Å². The van der Waals surface area contributed by atoms with E-state index in [2.05, 4.69) is 20.6 Å². The van der Waals surface area contributed by atoms with E-state index in [0.717, 1.165) is 0 Å². The highest BCUT2D eigenvalue weighted by Crippen LogP contribution is 2.27. The molecule has 0 aliphatic carbocycles. The van der Waals surface area contributed by atoms with Crippen LogP contribution in [-0.4, -0.2) is 35.3 Å². The van der Waals surface area contributed by atoms with E-state index in [1.165, 1.54) is 0 Å². The van der Waals surface area contributed by atoms with Gasteiger partial charge in [0.2, 0.25) is 0 Å². The van der Waals surface area contributed by atoms with Crippen LogP contribution in [0.25, 0.3) is 0 Å². The van der Waals surface area contributed by atoms with Crippen LogP contribution in [0.5, 0.6) is 5.75 Å². The van der Waals surface area contributed by atoms with Gasteiger partial charge in [-0.25, -0.2) is 4.99 Å². The van der Waals surface area contributed by atoms with Gasteiger partial charge in [-0.2, -0.15) is 0 Å². The summed E-state index contributed by atoms with van der Waals surface area (Å²) in [5, 5.41) is 5.59. The number of anilines is 1. The van der Waals surface area contributed by atoms with Gasteiger partial charge in [0.05, 0.1) is 12.7 Å². The Kier molecular flexibility index (Phi) is 4.94. The van der Waals surface area contributed by atoms with E-state index in [9.17, 15) is 9.59 Å². The van der Waals surface area contributed by atoms with E-state index in [1.54, 1.807) is 56.6 Å². The molecule has 0 radical (unpaired) electrons. The number of nitrogens with zero attached hydrogens (tertiary/aromatic N) is 2. The van der Waals surface area contributed by atoms with E-state index in [4.69, 9.17) is 4.74 Å². The number of ether oxygens (including phenoxy) is 1. The second kappa shape index (κ2) is 7.19. The largest absolute Gasteiger partial charge is 0.497 e. The van der Waals surface area contributed by atoms with Crippen LogP contribution in [0.3, 0.4) is 0 Å². The summed E-state index contributed by atoms with van der Waals surface area (Å²) in [4.78, 5) is 34.0. The molecular formula is C20H22N4O3. The van der Waals surface area contributed by atoms with Crippen molar-refractivity contribution >= 4 is 23.3 Å². The summed E-state index contributed by atoms with van der Waals surface area (Å²) < 4.78 is 5.12. The summed E-state index contributed by atoms with van der Waals surface area (Å²) in [5.74, 6) is 0.496. The average molecular weight is 366 g/mol. The number of rotatable bonds is 5. The van der Waals surface area contributed by atoms with E-state index in [1.807, 2.05) is 13.8 Å². The summed E-state index contributed by atoms with van der Waals surface area (Å²) in [6.45, 7) is 5.64. The predicted molar refractivity (Wildman–Crippen MR) is 103 cm³/mol. The van der Waals surface area contributed by atoms with E-state index >= 15 is 0 Å². The van der Waals surface area contributed by atoms with Crippen LogP contribution in [-0.2, 0) is 4.79 Å². The number of carbonyl (C=O) groups is 2. The molecule has 7 nitrogen and oxygen atoms in total. The number of pyridine rings is 1. The van der Waals surface area contributed by atoms with Crippen molar-refractivity contribution in [3.63, 3.8) is 0 Å². The van der Waals surface area contributed by atoms with Gasteiger partial charge in [0.15, 0.2) is 5.84 Å². The summed E-state index contributed by atoms with van der Waals surface area (Å²) in [7, 11) is 1.58. The van der Waals surface area contributed by atoms with E-state index < -0.39 is 5.54 Å². The number of aliphatic imine (C=N–C) groups is 1. The van der Waals surface area contributed by atoms with Crippen molar-refractivity contribution < 1.29 is 14.3 Å². The maximum atomic E-state index is 12.8. The molecule has 1 aromatic carbocycles. The number of benzene rings is 1. The van der Waals surface area contributed by atoms with Crippen molar-refractivity contribution in [2.75, 3.05) is 12.4 Å². The van der Waals surface area contributed by atoms with Crippen molar-refractivity contribution in [3.8, 4) is 5.75 Å². The number of amidine groups is 1. The molecule has 2 aromatic rings. The third kappa shape index (κ3) is 3.53. The number of methoxy groups -OCH3 is 1. The van der Waals surface area contributed by atoms with Crippen LogP contribution in [0.15, 0.2) is 47.6 Å². The highest BCUT2D eigenvalue weighted by Gasteiger charge is 2.42. The molecule has 2 heterocycles. The van der Waals surface area contributed by atoms with E-state index in [0.29, 0.717) is 28.5 Å². The lowest BCUT2D eigenvalue weighted by molar-refractivity contribution is -0.124. The maximum absolute atomic E-state index is 12.8. The van der Waals surface area contributed by atoms with Crippen molar-refractivity contribution in [2.45, 2.75) is 26.3 Å². The molecule has 1 unspecified atom stereocenters. The van der Waals surface area contributed by atoms with Crippen molar-refractivity contribution in [1.29, 1.82) is 0 Å². The third-order valence-corrected chi connectivity index (χ3v) is 4.78. The number of hydrogen-bond donors (Lipinski definition) is 2. The van der Waals surface area contributed by atoms with Crippen LogP contribution < -0.4 is 15.4 Å². The predicted octanol–water partition coefficient (Wildman–Crippen LogP) is 2.63. The van der Waals surface area contributed by atoms with Crippen LogP contribution in [0, 0.1) is 5.92 Å². The zero-order valence-corrected chi connectivity index (χ0v) is 15.7. The number of nitrogens with one attached hydrogen (secondary N) is 2. The summed E-state index contributed by atoms with van der Waals surface area (Å²) in [6.07, 6.45) is 1.57. The quantitative estimate of drug-likeness (QED) is 0.851. The fourth-order valence-electron chi connectivity index (χ4n) is 2.70. The lowest BCUT2D eigenvalue weighted by Crippen LogP contribution is -2.41. The first kappa shape index (κ1) is 18.6. The fourth-order valence-corrected chi connectivity index (χ4v) is 2.70. The molecule has 1 aliphatic rings. The highest BCUT2D eigenvalue weighted by atomic mass is 16.5. The first-order chi connectivity index (χ1) is 12.8. The van der Waals surface area contributed by atoms with Gasteiger partial charge in [-0.3, -0.25) is 14.6 Å². The second-order valence-corrected chi connectivity index (χ2v) is 6.80. The second-order valence-electron chi connectivity index (χ2n) is 6.80. The molecule has 0 spiro atoms. The standard InChI is InChI=1S/C20H22N4O3/c1-12(2)20(3)19(26)23-17(24-20)16-15(6-5-11-21-16)18(25)22-13-7-9-14(27-4)10-8-13/h5-12H,1-4H3,(H,22,25)(H,23,24,26). The van der Waals surface area contributed by atoms with Gasteiger partial charge in [0.1, 0.15) is 17.0 Å². The molecule has 0 bridgehead atoms. The Morgan fingerprint density at radius 1 is 1.22 bits per heavy atom. The van der Waals surface area contributed by atoms with Crippen LogP contribution in [0.2, 0.25) is 0 Å². The zero-order chi connectivity index (χ0) is 19.6. The maximum Gasteiger partial charge on any atom is 0.257 e. The molecule has 2 N–H and O–H groups in total. The summed E-state index contributed by atoms with van der Waals surface area (Å²) in [5.41, 5.74) is 0.429. The molecule has 0 fully saturated rings. The molecule has 1 aromatic heterocycles. The lowest BCUT2D eigenvalue weighted by Gasteiger charge is -2.21. The van der Waals surface area contributed by atoms with Crippen molar-refractivity contribution in [1.82, 2.24) is 10.3 Å². The number of aromatic nitrogens is 1. The number of amides is 2. The van der Waals surface area contributed by atoms with Crippen LogP contribution in [0.1, 0.15) is 36.8 Å². The molecule has 2 amide bonds. The first-order valence-electron chi connectivity index (χ1n) is 8.67. The Balaban J connectivity index is 1.90. The Hall–Kier alpha value is -3.22. The summed E-state index contributed by atoms with van der Waals surface area (Å²) >= 11 is 0. The Bertz CT molecular complexity index is 906. The smallest absolute Gasteiger partial charge is 0.257 e. The molecule has 0 saturated carbocycles. The topological polar surface area (TPSA) is 92.7 Å².